The summed E-state index contributed by atoms with van der Waals surface area (Å²) < 4.78 is 5.73. The molecule has 0 bridgehead atoms. The second kappa shape index (κ2) is 8.72. The van der Waals surface area contributed by atoms with Gasteiger partial charge in [0.25, 0.3) is 17.4 Å². The van der Waals surface area contributed by atoms with Crippen LogP contribution in [0.1, 0.15) is 35.2 Å². The van der Waals surface area contributed by atoms with Crippen molar-refractivity contribution in [2.45, 2.75) is 32.0 Å². The molecule has 1 saturated heterocycles. The Morgan fingerprint density at radius 1 is 1.09 bits per heavy atom. The highest BCUT2D eigenvalue weighted by Crippen LogP contribution is 2.41. The van der Waals surface area contributed by atoms with Gasteiger partial charge in [-0.2, -0.15) is 0 Å². The van der Waals surface area contributed by atoms with Crippen molar-refractivity contribution >= 4 is 23.1 Å². The van der Waals surface area contributed by atoms with E-state index in [4.69, 9.17) is 4.74 Å². The number of amides is 1. The van der Waals surface area contributed by atoms with E-state index < -0.39 is 22.7 Å². The number of hydrogen-bond acceptors (Lipinski definition) is 6. The van der Waals surface area contributed by atoms with Crippen molar-refractivity contribution in [3.63, 3.8) is 0 Å². The van der Waals surface area contributed by atoms with E-state index in [0.717, 1.165) is 16.9 Å². The summed E-state index contributed by atoms with van der Waals surface area (Å²) in [6, 6.07) is 19.1. The smallest absolute Gasteiger partial charge is 0.295 e. The molecule has 1 fully saturated rings. The van der Waals surface area contributed by atoms with Crippen LogP contribution in [0.3, 0.4) is 0 Å². The maximum absolute atomic E-state index is 13.2. The first-order valence-corrected chi connectivity index (χ1v) is 11.2. The Kier molecular flexibility index (Phi) is 5.56. The van der Waals surface area contributed by atoms with Gasteiger partial charge in [0.05, 0.1) is 16.5 Å². The number of benzene rings is 3. The number of carbonyl (C=O) groups excluding carboxylic acids is 2. The maximum Gasteiger partial charge on any atom is 0.295 e. The van der Waals surface area contributed by atoms with Gasteiger partial charge in [0, 0.05) is 30.7 Å². The highest BCUT2D eigenvalue weighted by Gasteiger charge is 2.46. The lowest BCUT2D eigenvalue weighted by molar-refractivity contribution is -0.384. The number of nitro benzene ring substituents is 1. The van der Waals surface area contributed by atoms with Gasteiger partial charge in [-0.3, -0.25) is 19.7 Å². The lowest BCUT2D eigenvalue weighted by Crippen LogP contribution is -2.29. The first-order valence-electron chi connectivity index (χ1n) is 11.2. The third-order valence-electron chi connectivity index (χ3n) is 6.32. The normalized spacial score (nSPS) is 20.5. The number of Topliss-reactive ketones (excluding diaryl/α,β-unsaturated/α-hetero) is 1. The van der Waals surface area contributed by atoms with Crippen LogP contribution in [0.5, 0.6) is 5.75 Å². The second-order valence-electron chi connectivity index (χ2n) is 8.72. The summed E-state index contributed by atoms with van der Waals surface area (Å²) in [5.74, 6) is -1.10. The zero-order valence-electron chi connectivity index (χ0n) is 18.9. The van der Waals surface area contributed by atoms with Crippen molar-refractivity contribution in [1.82, 2.24) is 4.90 Å². The number of hydrogen-bond donors (Lipinski definition) is 1. The van der Waals surface area contributed by atoms with Crippen molar-refractivity contribution in [3.05, 3.63) is 111 Å². The van der Waals surface area contributed by atoms with Crippen LogP contribution in [0.2, 0.25) is 0 Å². The molecule has 3 aromatic carbocycles. The number of ether oxygens (including phenoxy) is 1. The summed E-state index contributed by atoms with van der Waals surface area (Å²) in [6.07, 6.45) is 0.684. The molecule has 1 amide bonds. The molecule has 8 nitrogen and oxygen atoms in total. The van der Waals surface area contributed by atoms with E-state index in [1.807, 2.05) is 37.3 Å². The number of carbonyl (C=O) groups is 2. The molecule has 5 rings (SSSR count). The molecule has 176 valence electrons. The van der Waals surface area contributed by atoms with Gasteiger partial charge >= 0.3 is 0 Å². The molecule has 0 aliphatic carbocycles. The van der Waals surface area contributed by atoms with E-state index in [9.17, 15) is 24.8 Å². The van der Waals surface area contributed by atoms with Crippen molar-refractivity contribution in [2.24, 2.45) is 0 Å². The van der Waals surface area contributed by atoms with Crippen molar-refractivity contribution < 1.29 is 24.4 Å². The van der Waals surface area contributed by atoms with Crippen LogP contribution >= 0.6 is 0 Å². The summed E-state index contributed by atoms with van der Waals surface area (Å²) in [5.41, 5.74) is 2.46. The number of ketones is 1. The molecule has 2 aliphatic heterocycles. The average Bonchev–Trinajstić information content (AvgIpc) is 3.35. The Labute approximate surface area is 201 Å². The van der Waals surface area contributed by atoms with Crippen molar-refractivity contribution in [3.8, 4) is 5.75 Å². The Hall–Kier alpha value is -4.46. The lowest BCUT2D eigenvalue weighted by atomic mass is 9.94. The molecule has 2 heterocycles. The molecule has 2 unspecified atom stereocenters. The second-order valence-corrected chi connectivity index (χ2v) is 8.72. The van der Waals surface area contributed by atoms with E-state index in [1.54, 1.807) is 18.2 Å². The monoisotopic (exact) mass is 470 g/mol. The number of likely N-dealkylation sites (tertiary alicyclic amines) is 1. The Morgan fingerprint density at radius 2 is 1.80 bits per heavy atom. The summed E-state index contributed by atoms with van der Waals surface area (Å²) in [4.78, 5) is 38.4. The molecule has 0 saturated carbocycles. The van der Waals surface area contributed by atoms with E-state index in [-0.39, 0.29) is 29.7 Å². The topological polar surface area (TPSA) is 110 Å². The summed E-state index contributed by atoms with van der Waals surface area (Å²) in [5, 5.41) is 22.4. The fourth-order valence-corrected chi connectivity index (χ4v) is 4.67. The van der Waals surface area contributed by atoms with Gasteiger partial charge in [-0.1, -0.05) is 30.3 Å². The number of rotatable bonds is 5. The van der Waals surface area contributed by atoms with Crippen LogP contribution in [-0.2, 0) is 22.6 Å². The molecular formula is C27H22N2O6. The van der Waals surface area contributed by atoms with Gasteiger partial charge in [0.15, 0.2) is 0 Å². The summed E-state index contributed by atoms with van der Waals surface area (Å²) >= 11 is 0. The van der Waals surface area contributed by atoms with Gasteiger partial charge in [-0.25, -0.2) is 0 Å². The highest BCUT2D eigenvalue weighted by atomic mass is 16.6. The van der Waals surface area contributed by atoms with Crippen molar-refractivity contribution in [2.75, 3.05) is 0 Å². The molecule has 1 N–H and O–H groups in total. The van der Waals surface area contributed by atoms with Gasteiger partial charge in [-0.15, -0.1) is 0 Å². The number of fused-ring (bicyclic) bond motifs is 1. The zero-order chi connectivity index (χ0) is 24.7. The Morgan fingerprint density at radius 3 is 2.49 bits per heavy atom. The van der Waals surface area contributed by atoms with Crippen LogP contribution in [0.15, 0.2) is 78.4 Å². The SMILES string of the molecule is CC1Cc2cc(/C(O)=C3\C(=O)C(=O)N(Cc4ccccc4)C3c3ccc([N+](=O)[O-])cc3)ccc2O1. The summed E-state index contributed by atoms with van der Waals surface area (Å²) in [7, 11) is 0. The molecule has 0 radical (unpaired) electrons. The van der Waals surface area contributed by atoms with Crippen LogP contribution in [0.4, 0.5) is 5.69 Å². The minimum absolute atomic E-state index is 0.0129. The van der Waals surface area contributed by atoms with Crippen LogP contribution < -0.4 is 4.74 Å². The lowest BCUT2D eigenvalue weighted by Gasteiger charge is -2.25. The number of aliphatic hydroxyl groups is 1. The molecule has 3 aromatic rings. The summed E-state index contributed by atoms with van der Waals surface area (Å²) in [6.45, 7) is 2.09. The first kappa shape index (κ1) is 22.3. The molecular weight excluding hydrogens is 448 g/mol. The van der Waals surface area contributed by atoms with Crippen molar-refractivity contribution in [1.29, 1.82) is 0 Å². The molecule has 8 heteroatoms. The number of aliphatic hydroxyl groups excluding tert-OH is 1. The van der Waals surface area contributed by atoms with Gasteiger partial charge in [-0.05, 0) is 53.9 Å². The average molecular weight is 470 g/mol. The molecule has 2 atom stereocenters. The fraction of sp³-hybridized carbons (Fsp3) is 0.185. The van der Waals surface area contributed by atoms with Crippen LogP contribution in [0.25, 0.3) is 5.76 Å². The maximum atomic E-state index is 13.2. The third kappa shape index (κ3) is 4.03. The number of non-ortho nitro benzene ring substituents is 1. The number of nitro groups is 1. The van der Waals surface area contributed by atoms with Gasteiger partial charge < -0.3 is 14.7 Å². The zero-order valence-corrected chi connectivity index (χ0v) is 18.9. The fourth-order valence-electron chi connectivity index (χ4n) is 4.67. The van der Waals surface area contributed by atoms with Crippen LogP contribution in [0, 0.1) is 10.1 Å². The van der Waals surface area contributed by atoms with Gasteiger partial charge in [0.1, 0.15) is 17.6 Å². The largest absolute Gasteiger partial charge is 0.507 e. The number of nitrogens with zero attached hydrogens (tertiary/aromatic N) is 2. The minimum atomic E-state index is -0.903. The molecule has 35 heavy (non-hydrogen) atoms. The van der Waals surface area contributed by atoms with Crippen LogP contribution in [-0.4, -0.2) is 32.7 Å². The highest BCUT2D eigenvalue weighted by molar-refractivity contribution is 6.46. The Bertz CT molecular complexity index is 1360. The third-order valence-corrected chi connectivity index (χ3v) is 6.32. The minimum Gasteiger partial charge on any atom is -0.507 e. The standard InChI is InChI=1S/C27H22N2O6/c1-16-13-20-14-19(9-12-22(20)35-16)25(30)23-24(18-7-10-21(11-8-18)29(33)34)28(27(32)26(23)31)15-17-5-3-2-4-6-17/h2-12,14,16,24,30H,13,15H2,1H3/b25-23+. The molecule has 0 aromatic heterocycles. The quantitative estimate of drug-likeness (QED) is 0.193. The van der Waals surface area contributed by atoms with Gasteiger partial charge in [0.2, 0.25) is 0 Å². The predicted molar refractivity (Wildman–Crippen MR) is 128 cm³/mol. The first-order chi connectivity index (χ1) is 16.8. The molecule has 0 spiro atoms. The van der Waals surface area contributed by atoms with E-state index in [1.165, 1.54) is 29.2 Å². The van der Waals surface area contributed by atoms with E-state index in [0.29, 0.717) is 17.5 Å². The molecule has 2 aliphatic rings. The van der Waals surface area contributed by atoms with E-state index >= 15 is 0 Å². The van der Waals surface area contributed by atoms with E-state index in [2.05, 4.69) is 0 Å². The predicted octanol–water partition coefficient (Wildman–Crippen LogP) is 4.54. The Balaban J connectivity index is 1.63.